The van der Waals surface area contributed by atoms with E-state index in [0.717, 1.165) is 49.8 Å². The summed E-state index contributed by atoms with van der Waals surface area (Å²) in [6, 6.07) is 2.12. The lowest BCUT2D eigenvalue weighted by atomic mass is 10.2. The Balaban J connectivity index is 1.48. The van der Waals surface area contributed by atoms with E-state index in [0.29, 0.717) is 5.15 Å². The number of nitrogens with zero attached hydrogens (tertiary/aromatic N) is 5. The smallest absolute Gasteiger partial charge is 0.195 e. The molecule has 0 aromatic carbocycles. The molecule has 0 spiro atoms. The average Bonchev–Trinajstić information content (AvgIpc) is 3.04. The molecule has 4 rings (SSSR count). The zero-order valence-corrected chi connectivity index (χ0v) is 15.2. The van der Waals surface area contributed by atoms with Gasteiger partial charge in [0.25, 0.3) is 0 Å². The van der Waals surface area contributed by atoms with E-state index < -0.39 is 0 Å². The number of imidazole rings is 1. The Bertz CT molecular complexity index is 842. The number of hydrogen-bond donors (Lipinski definition) is 0. The van der Waals surface area contributed by atoms with Crippen LogP contribution in [0.2, 0.25) is 5.15 Å². The highest BCUT2D eigenvalue weighted by atomic mass is 35.5. The summed E-state index contributed by atoms with van der Waals surface area (Å²) in [7, 11) is 0. The van der Waals surface area contributed by atoms with Gasteiger partial charge in [0.15, 0.2) is 10.1 Å². The number of aryl methyl sites for hydroxylation is 1. The highest BCUT2D eigenvalue weighted by Gasteiger charge is 2.19. The van der Waals surface area contributed by atoms with Crippen LogP contribution in [0.25, 0.3) is 4.96 Å². The van der Waals surface area contributed by atoms with Gasteiger partial charge in [0, 0.05) is 62.4 Å². The van der Waals surface area contributed by atoms with Crippen LogP contribution in [0, 0.1) is 6.92 Å². The number of hydrogen-bond acceptors (Lipinski definition) is 5. The van der Waals surface area contributed by atoms with Crippen LogP contribution in [0.5, 0.6) is 0 Å². The molecule has 0 N–H and O–H groups in total. The molecule has 5 nitrogen and oxygen atoms in total. The van der Waals surface area contributed by atoms with Gasteiger partial charge in [0.1, 0.15) is 0 Å². The van der Waals surface area contributed by atoms with Gasteiger partial charge in [0.2, 0.25) is 0 Å². The number of thiazole rings is 1. The fourth-order valence-electron chi connectivity index (χ4n) is 3.35. The van der Waals surface area contributed by atoms with E-state index in [1.807, 2.05) is 12.4 Å². The fraction of sp³-hybridized carbons (Fsp3) is 0.412. The lowest BCUT2D eigenvalue weighted by Gasteiger charge is -2.25. The lowest BCUT2D eigenvalue weighted by Crippen LogP contribution is -2.31. The van der Waals surface area contributed by atoms with Crippen LogP contribution in [-0.2, 0) is 6.54 Å². The minimum Gasteiger partial charge on any atom is -0.370 e. The highest BCUT2D eigenvalue weighted by molar-refractivity contribution is 7.15. The zero-order chi connectivity index (χ0) is 16.5. The van der Waals surface area contributed by atoms with Crippen molar-refractivity contribution in [2.24, 2.45) is 0 Å². The van der Waals surface area contributed by atoms with E-state index in [-0.39, 0.29) is 0 Å². The van der Waals surface area contributed by atoms with Crippen LogP contribution in [0.3, 0.4) is 0 Å². The number of halogens is 1. The maximum Gasteiger partial charge on any atom is 0.195 e. The second-order valence-electron chi connectivity index (χ2n) is 6.18. The molecular weight excluding hydrogens is 342 g/mol. The van der Waals surface area contributed by atoms with Crippen LogP contribution in [0.4, 0.5) is 5.69 Å². The van der Waals surface area contributed by atoms with Gasteiger partial charge in [-0.3, -0.25) is 14.3 Å². The molecule has 126 valence electrons. The van der Waals surface area contributed by atoms with E-state index in [1.165, 1.54) is 11.3 Å². The number of fused-ring (bicyclic) bond motifs is 1. The van der Waals surface area contributed by atoms with Crippen LogP contribution in [-0.4, -0.2) is 45.4 Å². The van der Waals surface area contributed by atoms with Crippen LogP contribution < -0.4 is 4.90 Å². The van der Waals surface area contributed by atoms with Crippen molar-refractivity contribution >= 4 is 33.6 Å². The number of aromatic nitrogens is 3. The molecule has 0 amide bonds. The molecule has 0 unspecified atom stereocenters. The molecule has 0 saturated carbocycles. The highest BCUT2D eigenvalue weighted by Crippen LogP contribution is 2.24. The molecular formula is C17H20ClN5S. The van der Waals surface area contributed by atoms with E-state index in [4.69, 9.17) is 11.6 Å². The van der Waals surface area contributed by atoms with Crippen molar-refractivity contribution in [1.82, 2.24) is 19.3 Å². The molecule has 0 aliphatic carbocycles. The third-order valence-corrected chi connectivity index (χ3v) is 5.66. The summed E-state index contributed by atoms with van der Waals surface area (Å²) >= 11 is 7.97. The quantitative estimate of drug-likeness (QED) is 0.715. The van der Waals surface area contributed by atoms with Crippen molar-refractivity contribution in [1.29, 1.82) is 0 Å². The topological polar surface area (TPSA) is 36.7 Å². The van der Waals surface area contributed by atoms with Crippen molar-refractivity contribution in [3.63, 3.8) is 0 Å². The Hall–Kier alpha value is -1.63. The maximum absolute atomic E-state index is 6.35. The van der Waals surface area contributed by atoms with Gasteiger partial charge in [-0.25, -0.2) is 4.98 Å². The molecule has 3 aromatic rings. The molecule has 7 heteroatoms. The zero-order valence-electron chi connectivity index (χ0n) is 13.7. The van der Waals surface area contributed by atoms with Gasteiger partial charge >= 0.3 is 0 Å². The molecule has 0 atom stereocenters. The van der Waals surface area contributed by atoms with Crippen LogP contribution in [0.15, 0.2) is 30.0 Å². The standard InChI is InChI=1S/C17H20ClN5S/c1-13-11-19-4-3-14(13)22-6-2-5-21(7-8-22)12-15-16(18)20-17-23(15)9-10-24-17/h3-4,9-11H,2,5-8,12H2,1H3. The summed E-state index contributed by atoms with van der Waals surface area (Å²) < 4.78 is 2.11. The van der Waals surface area contributed by atoms with Gasteiger partial charge in [0.05, 0.1) is 5.69 Å². The predicted octanol–water partition coefficient (Wildman–Crippen LogP) is 3.46. The minimum absolute atomic E-state index is 0.632. The summed E-state index contributed by atoms with van der Waals surface area (Å²) in [5, 5.41) is 2.69. The molecule has 1 saturated heterocycles. The van der Waals surface area contributed by atoms with E-state index in [2.05, 4.69) is 48.7 Å². The largest absolute Gasteiger partial charge is 0.370 e. The molecule has 3 aromatic heterocycles. The Labute approximate surface area is 150 Å². The summed E-state index contributed by atoms with van der Waals surface area (Å²) in [6.45, 7) is 7.18. The lowest BCUT2D eigenvalue weighted by molar-refractivity contribution is 0.281. The van der Waals surface area contributed by atoms with Gasteiger partial charge in [-0.2, -0.15) is 0 Å². The van der Waals surface area contributed by atoms with E-state index in [9.17, 15) is 0 Å². The van der Waals surface area contributed by atoms with Crippen molar-refractivity contribution in [3.8, 4) is 0 Å². The Morgan fingerprint density at radius 2 is 2.17 bits per heavy atom. The van der Waals surface area contributed by atoms with Crippen molar-refractivity contribution in [3.05, 3.63) is 46.4 Å². The van der Waals surface area contributed by atoms with Gasteiger partial charge in [-0.15, -0.1) is 11.3 Å². The van der Waals surface area contributed by atoms with Crippen LogP contribution >= 0.6 is 22.9 Å². The molecule has 0 bridgehead atoms. The van der Waals surface area contributed by atoms with Gasteiger partial charge in [-0.1, -0.05) is 11.6 Å². The first-order valence-corrected chi connectivity index (χ1v) is 9.46. The van der Waals surface area contributed by atoms with E-state index >= 15 is 0 Å². The first-order valence-electron chi connectivity index (χ1n) is 8.20. The monoisotopic (exact) mass is 361 g/mol. The van der Waals surface area contributed by atoms with Crippen molar-refractivity contribution in [2.45, 2.75) is 19.9 Å². The van der Waals surface area contributed by atoms with Crippen molar-refractivity contribution in [2.75, 3.05) is 31.1 Å². The minimum atomic E-state index is 0.632. The molecule has 1 aliphatic rings. The summed E-state index contributed by atoms with van der Waals surface area (Å²) in [5.74, 6) is 0. The second kappa shape index (κ2) is 6.70. The number of rotatable bonds is 3. The van der Waals surface area contributed by atoms with Crippen LogP contribution in [0.1, 0.15) is 17.7 Å². The van der Waals surface area contributed by atoms with Gasteiger partial charge < -0.3 is 4.90 Å². The Kier molecular flexibility index (Phi) is 4.43. The molecule has 1 aliphatic heterocycles. The molecule has 24 heavy (non-hydrogen) atoms. The summed E-state index contributed by atoms with van der Waals surface area (Å²) in [6.07, 6.45) is 7.02. The molecule has 4 heterocycles. The third kappa shape index (κ3) is 3.01. The maximum atomic E-state index is 6.35. The van der Waals surface area contributed by atoms with Crippen molar-refractivity contribution < 1.29 is 0 Å². The normalized spacial score (nSPS) is 16.7. The molecule has 1 fully saturated rings. The van der Waals surface area contributed by atoms with E-state index in [1.54, 1.807) is 11.3 Å². The average molecular weight is 362 g/mol. The predicted molar refractivity (Wildman–Crippen MR) is 99.2 cm³/mol. The first-order chi connectivity index (χ1) is 11.7. The molecule has 0 radical (unpaired) electrons. The fourth-order valence-corrected chi connectivity index (χ4v) is 4.36. The Morgan fingerprint density at radius 1 is 1.25 bits per heavy atom. The Morgan fingerprint density at radius 3 is 3.04 bits per heavy atom. The number of pyridine rings is 1. The number of anilines is 1. The SMILES string of the molecule is Cc1cnccc1N1CCCN(Cc2c(Cl)nc3sccn23)CC1. The summed E-state index contributed by atoms with van der Waals surface area (Å²) in [5.41, 5.74) is 3.64. The summed E-state index contributed by atoms with van der Waals surface area (Å²) in [4.78, 5) is 14.6. The first kappa shape index (κ1) is 15.9. The second-order valence-corrected chi connectivity index (χ2v) is 7.41. The van der Waals surface area contributed by atoms with Gasteiger partial charge in [-0.05, 0) is 25.0 Å². The third-order valence-electron chi connectivity index (χ3n) is 4.61.